The smallest absolute Gasteiger partial charge is 0.350 e. The first-order valence-electron chi connectivity index (χ1n) is 13.1. The second kappa shape index (κ2) is 13.8. The lowest BCUT2D eigenvalue weighted by Gasteiger charge is -2.07. The van der Waals surface area contributed by atoms with Crippen LogP contribution in [0.1, 0.15) is 122 Å². The molecule has 8 heteroatoms. The fourth-order valence-electron chi connectivity index (χ4n) is 4.65. The lowest BCUT2D eigenvalue weighted by molar-refractivity contribution is 0.0961. The Morgan fingerprint density at radius 2 is 0.778 bits per heavy atom. The Labute approximate surface area is 210 Å². The second-order valence-corrected chi connectivity index (χ2v) is 9.61. The molecule has 6 rings (SSSR count). The lowest BCUT2D eigenvalue weighted by atomic mass is 10.0. The topological polar surface area (TPSA) is 135 Å². The molecular formula is C28H36O8. The van der Waals surface area contributed by atoms with E-state index < -0.39 is 22.8 Å². The van der Waals surface area contributed by atoms with Gasteiger partial charge in [-0.1, -0.05) is 51.4 Å². The van der Waals surface area contributed by atoms with Crippen LogP contribution >= 0.6 is 0 Å². The minimum atomic E-state index is -0.772. The molecule has 0 fully saturated rings. The number of carbonyl (C=O) groups excluding carboxylic acids is 2. The van der Waals surface area contributed by atoms with E-state index in [0.717, 1.165) is 64.2 Å². The fourth-order valence-corrected chi connectivity index (χ4v) is 4.65. The molecule has 1 aliphatic carbocycles. The van der Waals surface area contributed by atoms with Gasteiger partial charge in [-0.05, 0) is 25.7 Å². The summed E-state index contributed by atoms with van der Waals surface area (Å²) in [5.41, 5.74) is -2.07. The Morgan fingerprint density at radius 1 is 0.472 bits per heavy atom. The highest BCUT2D eigenvalue weighted by molar-refractivity contribution is 5.98. The Balaban J connectivity index is 1.62. The van der Waals surface area contributed by atoms with E-state index in [1.54, 1.807) is 0 Å². The average molecular weight is 501 g/mol. The average Bonchev–Trinajstić information content (AvgIpc) is 2.81. The van der Waals surface area contributed by atoms with Crippen LogP contribution in [0.4, 0.5) is 0 Å². The molecule has 0 unspecified atom stereocenters. The van der Waals surface area contributed by atoms with Crippen LogP contribution in [0.25, 0.3) is 0 Å². The van der Waals surface area contributed by atoms with Crippen molar-refractivity contribution in [2.24, 2.45) is 0 Å². The van der Waals surface area contributed by atoms with Gasteiger partial charge in [0.2, 0.25) is 0 Å². The van der Waals surface area contributed by atoms with Crippen molar-refractivity contribution in [3.63, 3.8) is 0 Å². The molecule has 4 aliphatic rings. The molecule has 0 saturated heterocycles. The van der Waals surface area contributed by atoms with Crippen LogP contribution in [0.2, 0.25) is 0 Å². The van der Waals surface area contributed by atoms with E-state index in [2.05, 4.69) is 0 Å². The molecular weight excluding hydrogens is 464 g/mol. The van der Waals surface area contributed by atoms with Crippen molar-refractivity contribution in [1.29, 1.82) is 0 Å². The molecule has 36 heavy (non-hydrogen) atoms. The molecule has 0 radical (unpaired) electrons. The van der Waals surface area contributed by atoms with Crippen LogP contribution in [0, 0.1) is 0 Å². The number of hydrogen-bond acceptors (Lipinski definition) is 8. The summed E-state index contributed by atoms with van der Waals surface area (Å²) in [4.78, 5) is 49.5. The molecule has 3 aliphatic heterocycles. The van der Waals surface area contributed by atoms with E-state index in [1.807, 2.05) is 0 Å². The van der Waals surface area contributed by atoms with Crippen LogP contribution in [-0.2, 0) is 12.8 Å². The van der Waals surface area contributed by atoms with Gasteiger partial charge < -0.3 is 19.0 Å². The Morgan fingerprint density at radius 3 is 1.11 bits per heavy atom. The van der Waals surface area contributed by atoms with Crippen LogP contribution in [0.5, 0.6) is 11.5 Å². The third-order valence-electron chi connectivity index (χ3n) is 6.68. The summed E-state index contributed by atoms with van der Waals surface area (Å²) in [5.74, 6) is -0.667. The monoisotopic (exact) mass is 500 g/mol. The first-order valence-corrected chi connectivity index (χ1v) is 13.1. The van der Waals surface area contributed by atoms with E-state index in [0.29, 0.717) is 37.2 Å². The van der Waals surface area contributed by atoms with Crippen LogP contribution in [0.15, 0.2) is 30.6 Å². The zero-order valence-corrected chi connectivity index (χ0v) is 20.8. The molecule has 2 aromatic heterocycles. The summed E-state index contributed by atoms with van der Waals surface area (Å²) in [7, 11) is 0. The van der Waals surface area contributed by atoms with Crippen LogP contribution < -0.4 is 11.3 Å². The van der Waals surface area contributed by atoms with E-state index >= 15 is 0 Å². The minimum absolute atomic E-state index is 0.154. The van der Waals surface area contributed by atoms with Crippen LogP contribution in [0.3, 0.4) is 0 Å². The zero-order valence-electron chi connectivity index (χ0n) is 20.8. The van der Waals surface area contributed by atoms with E-state index in [9.17, 15) is 29.4 Å². The highest BCUT2D eigenvalue weighted by Gasteiger charge is 2.20. The summed E-state index contributed by atoms with van der Waals surface area (Å²) < 4.78 is 10.6. The SMILES string of the molecule is O=C1CCCCCCCCC(=O)c2c(O)cc(oc2=O)CCCCCCCCc2cc(O)c1c(=O)o2. The number of Topliss-reactive ketones (excluding diaryl/α,β-unsaturated/α-hetero) is 2. The summed E-state index contributed by atoms with van der Waals surface area (Å²) >= 11 is 0. The predicted octanol–water partition coefficient (Wildman–Crippen LogP) is 5.63. The number of aromatic hydroxyl groups is 2. The van der Waals surface area contributed by atoms with Crippen molar-refractivity contribution in [3.8, 4) is 11.5 Å². The van der Waals surface area contributed by atoms with Crippen molar-refractivity contribution < 1.29 is 28.6 Å². The predicted molar refractivity (Wildman–Crippen MR) is 134 cm³/mol. The molecule has 0 saturated carbocycles. The number of ketones is 2. The quantitative estimate of drug-likeness (QED) is 0.475. The third-order valence-corrected chi connectivity index (χ3v) is 6.68. The highest BCUT2D eigenvalue weighted by Crippen LogP contribution is 2.22. The first kappa shape index (κ1) is 27.4. The lowest BCUT2D eigenvalue weighted by Crippen LogP contribution is -2.15. The maximum atomic E-state index is 12.5. The molecule has 5 heterocycles. The molecule has 0 spiro atoms. The van der Waals surface area contributed by atoms with Gasteiger partial charge >= 0.3 is 11.3 Å². The summed E-state index contributed by atoms with van der Waals surface area (Å²) in [6.07, 6.45) is 11.1. The van der Waals surface area contributed by atoms with Gasteiger partial charge in [0.05, 0.1) is 0 Å². The first-order chi connectivity index (χ1) is 17.4. The molecule has 2 N–H and O–H groups in total. The number of carbonyl (C=O) groups is 2. The Bertz CT molecular complexity index is 1070. The van der Waals surface area contributed by atoms with Gasteiger partial charge in [-0.15, -0.1) is 0 Å². The largest absolute Gasteiger partial charge is 0.507 e. The van der Waals surface area contributed by atoms with Crippen molar-refractivity contribution in [2.75, 3.05) is 0 Å². The highest BCUT2D eigenvalue weighted by atomic mass is 16.4. The van der Waals surface area contributed by atoms with Crippen molar-refractivity contribution in [2.45, 2.75) is 103 Å². The second-order valence-electron chi connectivity index (χ2n) is 9.61. The Kier molecular flexibility index (Phi) is 10.5. The van der Waals surface area contributed by atoms with Gasteiger partial charge in [0.15, 0.2) is 11.6 Å². The van der Waals surface area contributed by atoms with E-state index in [1.165, 1.54) is 12.1 Å². The van der Waals surface area contributed by atoms with E-state index in [-0.39, 0.29) is 35.5 Å². The normalized spacial score (nSPS) is 17.9. The zero-order chi connectivity index (χ0) is 25.9. The number of aryl methyl sites for hydroxylation is 2. The maximum Gasteiger partial charge on any atom is 0.350 e. The summed E-state index contributed by atoms with van der Waals surface area (Å²) in [6.45, 7) is 0. The standard InChI is InChI=1S/C28H36O8/c29-21-15-11-7-3-4-8-12-16-22(30)26-24(32)18-20(36-28(26)34)14-10-6-2-1-5-9-13-19-17-23(31)25(21)27(33)35-19/h17-18,31-32H,1-16H2. The van der Waals surface area contributed by atoms with Gasteiger partial charge in [-0.2, -0.15) is 0 Å². The number of hydrogen-bond donors (Lipinski definition) is 2. The minimum Gasteiger partial charge on any atom is -0.507 e. The van der Waals surface area contributed by atoms with Crippen LogP contribution in [-0.4, -0.2) is 21.8 Å². The molecule has 0 amide bonds. The summed E-state index contributed by atoms with van der Waals surface area (Å²) in [6, 6.07) is 2.77. The van der Waals surface area contributed by atoms with Gasteiger partial charge in [-0.25, -0.2) is 9.59 Å². The van der Waals surface area contributed by atoms with Crippen molar-refractivity contribution in [1.82, 2.24) is 0 Å². The fraction of sp³-hybridized carbons (Fsp3) is 0.571. The third kappa shape index (κ3) is 7.93. The van der Waals surface area contributed by atoms with Gasteiger partial charge in [0, 0.05) is 37.8 Å². The number of rotatable bonds is 0. The molecule has 0 atom stereocenters. The van der Waals surface area contributed by atoms with Crippen molar-refractivity contribution in [3.05, 3.63) is 55.6 Å². The van der Waals surface area contributed by atoms with Gasteiger partial charge in [0.1, 0.15) is 34.1 Å². The molecule has 0 aromatic carbocycles. The Hall–Kier alpha value is -3.16. The molecule has 196 valence electrons. The molecule has 2 aromatic rings. The van der Waals surface area contributed by atoms with Gasteiger partial charge in [0.25, 0.3) is 0 Å². The molecule has 4 bridgehead atoms. The maximum absolute atomic E-state index is 12.5. The van der Waals surface area contributed by atoms with E-state index in [4.69, 9.17) is 8.83 Å². The van der Waals surface area contributed by atoms with Crippen molar-refractivity contribution >= 4 is 11.6 Å². The van der Waals surface area contributed by atoms with Gasteiger partial charge in [-0.3, -0.25) is 9.59 Å². The summed E-state index contributed by atoms with van der Waals surface area (Å²) in [5, 5.41) is 20.5. The molecule has 8 nitrogen and oxygen atoms in total.